The summed E-state index contributed by atoms with van der Waals surface area (Å²) >= 11 is 0. The minimum absolute atomic E-state index is 0. The van der Waals surface area contributed by atoms with Gasteiger partial charge in [-0.3, -0.25) is 24.2 Å². The highest BCUT2D eigenvalue weighted by atomic mass is 35.5. The van der Waals surface area contributed by atoms with Crippen molar-refractivity contribution in [3.8, 4) is 0 Å². The van der Waals surface area contributed by atoms with Crippen molar-refractivity contribution in [1.82, 2.24) is 19.4 Å². The van der Waals surface area contributed by atoms with Crippen LogP contribution in [0.2, 0.25) is 0 Å². The normalized spacial score (nSPS) is 16.7. The summed E-state index contributed by atoms with van der Waals surface area (Å²) in [7, 11) is -3.50. The first-order valence-electron chi connectivity index (χ1n) is 11.3. The first kappa shape index (κ1) is 26.8. The minimum atomic E-state index is -3.50. The van der Waals surface area contributed by atoms with Gasteiger partial charge in [0.2, 0.25) is 15.9 Å². The van der Waals surface area contributed by atoms with Crippen molar-refractivity contribution in [2.45, 2.75) is 18.2 Å². The molecule has 4 rings (SSSR count). The van der Waals surface area contributed by atoms with Crippen LogP contribution in [-0.2, 0) is 14.8 Å². The molecule has 2 aromatic carbocycles. The lowest BCUT2D eigenvalue weighted by Crippen LogP contribution is -2.50. The van der Waals surface area contributed by atoms with Gasteiger partial charge in [0.05, 0.1) is 16.0 Å². The summed E-state index contributed by atoms with van der Waals surface area (Å²) in [5.41, 5.74) is 1.75. The van der Waals surface area contributed by atoms with Gasteiger partial charge in [-0.2, -0.15) is 4.31 Å². The number of benzene rings is 2. The Bertz CT molecular complexity index is 1160. The Labute approximate surface area is 211 Å². The first-order valence-corrected chi connectivity index (χ1v) is 12.7. The third kappa shape index (κ3) is 5.90. The van der Waals surface area contributed by atoms with Gasteiger partial charge < -0.3 is 5.32 Å². The average molecular weight is 521 g/mol. The van der Waals surface area contributed by atoms with E-state index in [-0.39, 0.29) is 43.1 Å². The fourth-order valence-electron chi connectivity index (χ4n) is 4.15. The quantitative estimate of drug-likeness (QED) is 0.529. The maximum atomic E-state index is 12.8. The van der Waals surface area contributed by atoms with Crippen molar-refractivity contribution in [3.63, 3.8) is 0 Å². The van der Waals surface area contributed by atoms with Gasteiger partial charge in [0.15, 0.2) is 0 Å². The molecule has 0 atom stereocenters. The topological polar surface area (TPSA) is 107 Å². The molecule has 11 heteroatoms. The van der Waals surface area contributed by atoms with E-state index in [0.717, 1.165) is 10.5 Å². The monoisotopic (exact) mass is 520 g/mol. The number of amides is 3. The number of rotatable bonds is 8. The molecule has 0 saturated carbocycles. The Hall–Kier alpha value is -2.79. The fourth-order valence-corrected chi connectivity index (χ4v) is 5.57. The molecular weight excluding hydrogens is 492 g/mol. The highest BCUT2D eigenvalue weighted by molar-refractivity contribution is 7.89. The van der Waals surface area contributed by atoms with Gasteiger partial charge in [0.25, 0.3) is 11.8 Å². The Morgan fingerprint density at radius 2 is 1.46 bits per heavy atom. The summed E-state index contributed by atoms with van der Waals surface area (Å²) in [5.74, 6) is -0.976. The largest absolute Gasteiger partial charge is 0.355 e. The molecule has 0 spiro atoms. The van der Waals surface area contributed by atoms with Crippen LogP contribution in [-0.4, -0.2) is 86.1 Å². The number of imide groups is 1. The van der Waals surface area contributed by atoms with E-state index in [1.807, 2.05) is 6.92 Å². The lowest BCUT2D eigenvalue weighted by molar-refractivity contribution is -0.121. The van der Waals surface area contributed by atoms with Crippen LogP contribution in [0.4, 0.5) is 0 Å². The van der Waals surface area contributed by atoms with E-state index in [1.54, 1.807) is 48.5 Å². The third-order valence-corrected chi connectivity index (χ3v) is 8.09. The van der Waals surface area contributed by atoms with Crippen LogP contribution in [0.1, 0.15) is 32.7 Å². The zero-order chi connectivity index (χ0) is 24.3. The average Bonchev–Trinajstić information content (AvgIpc) is 3.08. The molecule has 1 fully saturated rings. The van der Waals surface area contributed by atoms with E-state index >= 15 is 0 Å². The van der Waals surface area contributed by atoms with E-state index in [0.29, 0.717) is 55.3 Å². The van der Waals surface area contributed by atoms with E-state index < -0.39 is 10.0 Å². The van der Waals surface area contributed by atoms with Gasteiger partial charge in [0, 0.05) is 52.2 Å². The summed E-state index contributed by atoms with van der Waals surface area (Å²) in [6, 6.07) is 13.5. The van der Waals surface area contributed by atoms with Crippen LogP contribution >= 0.6 is 12.4 Å². The maximum absolute atomic E-state index is 12.8. The molecule has 2 aromatic rings. The number of carbonyl (C=O) groups excluding carboxylic acids is 3. The second-order valence-corrected chi connectivity index (χ2v) is 10.4. The lowest BCUT2D eigenvalue weighted by Gasteiger charge is -2.34. The van der Waals surface area contributed by atoms with Crippen LogP contribution in [0.5, 0.6) is 0 Å². The number of piperazine rings is 1. The van der Waals surface area contributed by atoms with E-state index in [1.165, 1.54) is 4.31 Å². The predicted octanol–water partition coefficient (Wildman–Crippen LogP) is 1.53. The Morgan fingerprint density at radius 1 is 0.886 bits per heavy atom. The summed E-state index contributed by atoms with van der Waals surface area (Å²) in [4.78, 5) is 40.5. The number of fused-ring (bicyclic) bond motifs is 1. The number of nitrogens with one attached hydrogen (secondary N) is 1. The third-order valence-electron chi connectivity index (χ3n) is 6.18. The van der Waals surface area contributed by atoms with Crippen LogP contribution in [0.25, 0.3) is 0 Å². The number of sulfonamides is 1. The molecule has 0 unspecified atom stereocenters. The lowest BCUT2D eigenvalue weighted by atomic mass is 10.1. The van der Waals surface area contributed by atoms with Crippen molar-refractivity contribution >= 4 is 40.2 Å². The zero-order valence-electron chi connectivity index (χ0n) is 19.5. The molecular formula is C24H29ClN4O5S. The standard InChI is InChI=1S/C24H28N4O5S.ClH/c1-18-6-8-19(9-7-18)34(32,33)27-16-14-26(15-17-27)13-11-25-22(29)10-12-28-23(30)20-4-2-3-5-21(20)24(28)31;/h2-9H,10-17H2,1H3,(H,25,29);1H. The molecule has 3 amide bonds. The number of hydrogen-bond acceptors (Lipinski definition) is 6. The molecule has 9 nitrogen and oxygen atoms in total. The molecule has 188 valence electrons. The van der Waals surface area contributed by atoms with Crippen molar-refractivity contribution in [1.29, 1.82) is 0 Å². The Kier molecular flexibility index (Phi) is 8.65. The molecule has 2 heterocycles. The minimum Gasteiger partial charge on any atom is -0.355 e. The molecule has 2 aliphatic rings. The molecule has 2 aliphatic heterocycles. The predicted molar refractivity (Wildman–Crippen MR) is 133 cm³/mol. The fraction of sp³-hybridized carbons (Fsp3) is 0.375. The summed E-state index contributed by atoms with van der Waals surface area (Å²) in [6.07, 6.45) is 0.0358. The molecule has 0 aliphatic carbocycles. The second-order valence-electron chi connectivity index (χ2n) is 8.47. The first-order chi connectivity index (χ1) is 16.3. The summed E-state index contributed by atoms with van der Waals surface area (Å²) in [6.45, 7) is 4.90. The van der Waals surface area contributed by atoms with Gasteiger partial charge in [-0.15, -0.1) is 12.4 Å². The van der Waals surface area contributed by atoms with Crippen molar-refractivity contribution < 1.29 is 22.8 Å². The van der Waals surface area contributed by atoms with Gasteiger partial charge >= 0.3 is 0 Å². The number of carbonyl (C=O) groups is 3. The molecule has 1 saturated heterocycles. The van der Waals surface area contributed by atoms with E-state index in [9.17, 15) is 22.8 Å². The Balaban J connectivity index is 0.00000342. The molecule has 35 heavy (non-hydrogen) atoms. The van der Waals surface area contributed by atoms with Crippen LogP contribution < -0.4 is 5.32 Å². The van der Waals surface area contributed by atoms with E-state index in [2.05, 4.69) is 10.2 Å². The number of aryl methyl sites for hydroxylation is 1. The van der Waals surface area contributed by atoms with E-state index in [4.69, 9.17) is 0 Å². The second kappa shape index (κ2) is 11.3. The van der Waals surface area contributed by atoms with Crippen LogP contribution in [0, 0.1) is 6.92 Å². The van der Waals surface area contributed by atoms with Crippen molar-refractivity contribution in [2.75, 3.05) is 45.8 Å². The number of nitrogens with zero attached hydrogens (tertiary/aromatic N) is 3. The molecule has 1 N–H and O–H groups in total. The molecule has 0 aromatic heterocycles. The summed E-state index contributed by atoms with van der Waals surface area (Å²) < 4.78 is 27.1. The highest BCUT2D eigenvalue weighted by Gasteiger charge is 2.35. The molecule has 0 radical (unpaired) electrons. The number of halogens is 1. The zero-order valence-corrected chi connectivity index (χ0v) is 21.1. The maximum Gasteiger partial charge on any atom is 0.261 e. The smallest absolute Gasteiger partial charge is 0.261 e. The van der Waals surface area contributed by atoms with Crippen molar-refractivity contribution in [2.24, 2.45) is 0 Å². The van der Waals surface area contributed by atoms with Crippen LogP contribution in [0.3, 0.4) is 0 Å². The Morgan fingerprint density at radius 3 is 2.03 bits per heavy atom. The SMILES string of the molecule is Cc1ccc(S(=O)(=O)N2CCN(CCNC(=O)CCN3C(=O)c4ccccc4C3=O)CC2)cc1.Cl. The summed E-state index contributed by atoms with van der Waals surface area (Å²) in [5, 5.41) is 2.82. The van der Waals surface area contributed by atoms with Gasteiger partial charge in [-0.25, -0.2) is 8.42 Å². The number of hydrogen-bond donors (Lipinski definition) is 1. The van der Waals surface area contributed by atoms with Crippen molar-refractivity contribution in [3.05, 3.63) is 65.2 Å². The van der Waals surface area contributed by atoms with Gasteiger partial charge in [0.1, 0.15) is 0 Å². The van der Waals surface area contributed by atoms with Crippen LogP contribution in [0.15, 0.2) is 53.4 Å². The van der Waals surface area contributed by atoms with Gasteiger partial charge in [-0.05, 0) is 31.2 Å². The highest BCUT2D eigenvalue weighted by Crippen LogP contribution is 2.22. The molecule has 0 bridgehead atoms. The van der Waals surface area contributed by atoms with Gasteiger partial charge in [-0.1, -0.05) is 29.8 Å².